The molecule has 0 bridgehead atoms. The first-order valence-corrected chi connectivity index (χ1v) is 14.8. The molecule has 42 heavy (non-hydrogen) atoms. The number of halogens is 1. The standard InChI is InChI=1S/C33H28BrN3O4S/c1-3-5-16-26(4-2)37-32(41)27(20-24-19-25(34)17-18-28(24)38)31(40)36-33(37)42-21-29(39)35-30(22-12-8-6-9-13-22)23-14-10-7-11-15-23/h3-20,30,38H,1,21H2,2H3,(H,35,39)/b16-5-,26-4+,27-20+. The van der Waals surface area contributed by atoms with Crippen LogP contribution in [0.3, 0.4) is 0 Å². The van der Waals surface area contributed by atoms with Gasteiger partial charge in [0.05, 0.1) is 11.8 Å². The van der Waals surface area contributed by atoms with Crippen LogP contribution in [0, 0.1) is 0 Å². The van der Waals surface area contributed by atoms with E-state index in [0.717, 1.165) is 22.9 Å². The molecule has 0 atom stereocenters. The third-order valence-electron chi connectivity index (χ3n) is 6.20. The zero-order valence-electron chi connectivity index (χ0n) is 22.7. The predicted octanol–water partition coefficient (Wildman–Crippen LogP) is 6.55. The lowest BCUT2D eigenvalue weighted by Gasteiger charge is -2.28. The van der Waals surface area contributed by atoms with Gasteiger partial charge >= 0.3 is 0 Å². The molecule has 1 heterocycles. The Kier molecular flexibility index (Phi) is 10.5. The number of amidine groups is 1. The monoisotopic (exact) mass is 641 g/mol. The van der Waals surface area contributed by atoms with Crippen molar-refractivity contribution < 1.29 is 19.5 Å². The number of allylic oxidation sites excluding steroid dienone is 4. The number of aromatic hydroxyl groups is 1. The van der Waals surface area contributed by atoms with Crippen molar-refractivity contribution in [3.05, 3.63) is 142 Å². The van der Waals surface area contributed by atoms with Gasteiger partial charge in [-0.3, -0.25) is 19.3 Å². The van der Waals surface area contributed by atoms with E-state index in [-0.39, 0.29) is 39.8 Å². The summed E-state index contributed by atoms with van der Waals surface area (Å²) < 4.78 is 0.665. The minimum atomic E-state index is -0.770. The quantitative estimate of drug-likeness (QED) is 0.157. The second kappa shape index (κ2) is 14.4. The Morgan fingerprint density at radius 2 is 1.71 bits per heavy atom. The van der Waals surface area contributed by atoms with Gasteiger partial charge in [-0.2, -0.15) is 4.99 Å². The van der Waals surface area contributed by atoms with Crippen LogP contribution in [0.1, 0.15) is 29.7 Å². The number of hydrogen-bond acceptors (Lipinski definition) is 5. The molecule has 3 aromatic carbocycles. The van der Waals surface area contributed by atoms with Crippen molar-refractivity contribution in [2.75, 3.05) is 5.75 Å². The average molecular weight is 643 g/mol. The van der Waals surface area contributed by atoms with Crippen molar-refractivity contribution in [3.63, 3.8) is 0 Å². The van der Waals surface area contributed by atoms with Gasteiger partial charge in [-0.05, 0) is 48.4 Å². The number of carbonyl (C=O) groups is 3. The molecule has 0 aliphatic carbocycles. The number of benzene rings is 3. The summed E-state index contributed by atoms with van der Waals surface area (Å²) >= 11 is 4.32. The summed E-state index contributed by atoms with van der Waals surface area (Å²) in [6.45, 7) is 5.43. The second-order valence-electron chi connectivity index (χ2n) is 9.02. The van der Waals surface area contributed by atoms with Gasteiger partial charge in [-0.25, -0.2) is 0 Å². The van der Waals surface area contributed by atoms with E-state index in [1.807, 2.05) is 60.7 Å². The van der Waals surface area contributed by atoms with E-state index in [4.69, 9.17) is 0 Å². The van der Waals surface area contributed by atoms with Crippen molar-refractivity contribution in [2.45, 2.75) is 13.0 Å². The van der Waals surface area contributed by atoms with Gasteiger partial charge in [-0.15, -0.1) is 0 Å². The molecule has 0 saturated heterocycles. The Labute approximate surface area is 257 Å². The maximum Gasteiger partial charge on any atom is 0.285 e. The SMILES string of the molecule is C=C/C=C\C(=C/C)N1C(=O)/C(=C/c2cc(Br)ccc2O)C(=O)N=C1SCC(=O)NC(c1ccccc1)c1ccccc1. The predicted molar refractivity (Wildman–Crippen MR) is 171 cm³/mol. The highest BCUT2D eigenvalue weighted by Gasteiger charge is 2.35. The van der Waals surface area contributed by atoms with Crippen molar-refractivity contribution in [1.29, 1.82) is 0 Å². The molecule has 9 heteroatoms. The fourth-order valence-electron chi connectivity index (χ4n) is 4.19. The molecule has 0 saturated carbocycles. The van der Waals surface area contributed by atoms with E-state index < -0.39 is 11.8 Å². The van der Waals surface area contributed by atoms with Crippen molar-refractivity contribution >= 4 is 56.7 Å². The molecule has 4 rings (SSSR count). The first-order valence-electron chi connectivity index (χ1n) is 13.0. The van der Waals surface area contributed by atoms with Crippen molar-refractivity contribution in [3.8, 4) is 5.75 Å². The van der Waals surface area contributed by atoms with Crippen LogP contribution in [0.2, 0.25) is 0 Å². The summed E-state index contributed by atoms with van der Waals surface area (Å²) in [7, 11) is 0. The van der Waals surface area contributed by atoms with E-state index in [2.05, 4.69) is 32.8 Å². The molecule has 3 amide bonds. The topological polar surface area (TPSA) is 99.1 Å². The Morgan fingerprint density at radius 3 is 2.31 bits per heavy atom. The van der Waals surface area contributed by atoms with Crippen LogP contribution in [0.25, 0.3) is 6.08 Å². The largest absolute Gasteiger partial charge is 0.507 e. The van der Waals surface area contributed by atoms with Crippen LogP contribution >= 0.6 is 27.7 Å². The number of nitrogens with zero attached hydrogens (tertiary/aromatic N) is 2. The maximum atomic E-state index is 13.8. The minimum absolute atomic E-state index is 0.0635. The highest BCUT2D eigenvalue weighted by atomic mass is 79.9. The molecule has 1 aliphatic heterocycles. The first-order chi connectivity index (χ1) is 20.3. The lowest BCUT2D eigenvalue weighted by Crippen LogP contribution is -2.42. The van der Waals surface area contributed by atoms with Crippen molar-refractivity contribution in [2.24, 2.45) is 4.99 Å². The molecule has 2 N–H and O–H groups in total. The lowest BCUT2D eigenvalue weighted by atomic mass is 9.99. The Hall–Kier alpha value is -4.47. The molecule has 0 unspecified atom stereocenters. The number of nitrogens with one attached hydrogen (secondary N) is 1. The third-order valence-corrected chi connectivity index (χ3v) is 7.63. The number of rotatable bonds is 9. The smallest absolute Gasteiger partial charge is 0.285 e. The first kappa shape index (κ1) is 30.5. The number of phenolic OH excluding ortho intramolecular Hbond substituents is 1. The van der Waals surface area contributed by atoms with E-state index in [0.29, 0.717) is 10.2 Å². The van der Waals surface area contributed by atoms with E-state index >= 15 is 0 Å². The minimum Gasteiger partial charge on any atom is -0.507 e. The molecule has 212 valence electrons. The van der Waals surface area contributed by atoms with Gasteiger partial charge in [0.1, 0.15) is 11.3 Å². The number of thioether (sulfide) groups is 1. The molecular formula is C33H28BrN3O4S. The van der Waals surface area contributed by atoms with Crippen LogP contribution in [0.15, 0.2) is 130 Å². The van der Waals surface area contributed by atoms with E-state index in [1.54, 1.807) is 43.4 Å². The molecule has 3 aromatic rings. The molecule has 0 radical (unpaired) electrons. The van der Waals surface area contributed by atoms with Crippen LogP contribution in [-0.2, 0) is 14.4 Å². The molecule has 0 fully saturated rings. The number of aliphatic imine (C=N–C) groups is 1. The summed E-state index contributed by atoms with van der Waals surface area (Å²) in [6, 6.07) is 23.5. The average Bonchev–Trinajstić information content (AvgIpc) is 3.00. The highest BCUT2D eigenvalue weighted by molar-refractivity contribution is 9.10. The molecule has 0 aromatic heterocycles. The van der Waals surface area contributed by atoms with Gasteiger partial charge < -0.3 is 10.4 Å². The number of phenols is 1. The fourth-order valence-corrected chi connectivity index (χ4v) is 5.38. The van der Waals surface area contributed by atoms with Crippen LogP contribution in [0.5, 0.6) is 5.75 Å². The zero-order valence-corrected chi connectivity index (χ0v) is 25.1. The van der Waals surface area contributed by atoms with Gasteiger partial charge in [-0.1, -0.05) is 113 Å². The molecule has 0 spiro atoms. The molecule has 7 nitrogen and oxygen atoms in total. The van der Waals surface area contributed by atoms with Crippen LogP contribution < -0.4 is 5.32 Å². The fraction of sp³-hybridized carbons (Fsp3) is 0.0909. The van der Waals surface area contributed by atoms with Gasteiger partial charge in [0.2, 0.25) is 5.91 Å². The lowest BCUT2D eigenvalue weighted by molar-refractivity contribution is -0.126. The Balaban J connectivity index is 1.63. The number of hydrogen-bond donors (Lipinski definition) is 2. The van der Waals surface area contributed by atoms with Crippen LogP contribution in [-0.4, -0.2) is 38.6 Å². The Bertz CT molecular complexity index is 1580. The van der Waals surface area contributed by atoms with E-state index in [1.165, 1.54) is 17.0 Å². The summed E-state index contributed by atoms with van der Waals surface area (Å²) in [6.07, 6.45) is 7.88. The molecule has 1 aliphatic rings. The third kappa shape index (κ3) is 7.43. The summed E-state index contributed by atoms with van der Waals surface area (Å²) in [5.41, 5.74) is 2.33. The van der Waals surface area contributed by atoms with Crippen LogP contribution in [0.4, 0.5) is 0 Å². The van der Waals surface area contributed by atoms with Gasteiger partial charge in [0.25, 0.3) is 11.8 Å². The zero-order chi connectivity index (χ0) is 30.1. The summed E-state index contributed by atoms with van der Waals surface area (Å²) in [4.78, 5) is 45.6. The number of carbonyl (C=O) groups excluding carboxylic acids is 3. The second-order valence-corrected chi connectivity index (χ2v) is 10.9. The summed E-state index contributed by atoms with van der Waals surface area (Å²) in [5, 5.41) is 13.4. The number of amides is 3. The van der Waals surface area contributed by atoms with Crippen molar-refractivity contribution in [1.82, 2.24) is 10.2 Å². The summed E-state index contributed by atoms with van der Waals surface area (Å²) in [5.74, 6) is -1.90. The maximum absolute atomic E-state index is 13.8. The highest BCUT2D eigenvalue weighted by Crippen LogP contribution is 2.29. The normalized spacial score (nSPS) is 14.9. The van der Waals surface area contributed by atoms with E-state index in [9.17, 15) is 19.5 Å². The van der Waals surface area contributed by atoms with Gasteiger partial charge in [0, 0.05) is 15.7 Å². The van der Waals surface area contributed by atoms with Gasteiger partial charge in [0.15, 0.2) is 5.17 Å². The molecular weight excluding hydrogens is 614 g/mol. The Morgan fingerprint density at radius 1 is 1.07 bits per heavy atom.